The van der Waals surface area contributed by atoms with Crippen LogP contribution < -0.4 is 15.7 Å². The van der Waals surface area contributed by atoms with Gasteiger partial charge in [-0.25, -0.2) is 9.78 Å². The molecular formula is C30H39N3O8. The fourth-order valence-corrected chi connectivity index (χ4v) is 4.15. The summed E-state index contributed by atoms with van der Waals surface area (Å²) in [5, 5.41) is 32.4. The summed E-state index contributed by atoms with van der Waals surface area (Å²) in [4.78, 5) is 29.1. The maximum Gasteiger partial charge on any atom is 0.347 e. The molecule has 0 aliphatic heterocycles. The summed E-state index contributed by atoms with van der Waals surface area (Å²) in [5.74, 6) is -0.458. The van der Waals surface area contributed by atoms with Gasteiger partial charge < -0.3 is 34.8 Å². The van der Waals surface area contributed by atoms with Gasteiger partial charge in [0, 0.05) is 31.8 Å². The number of aromatic hydroxyl groups is 1. The van der Waals surface area contributed by atoms with Crippen molar-refractivity contribution in [2.75, 3.05) is 32.9 Å². The zero-order chi connectivity index (χ0) is 29.5. The van der Waals surface area contributed by atoms with Crippen LogP contribution in [0.15, 0.2) is 53.5 Å². The fourth-order valence-electron chi connectivity index (χ4n) is 4.15. The van der Waals surface area contributed by atoms with Crippen molar-refractivity contribution in [3.63, 3.8) is 0 Å². The van der Waals surface area contributed by atoms with Crippen LogP contribution in [0.4, 0.5) is 0 Å². The molecule has 1 heterocycles. The standard InChI is InChI=1S/C30H39N3O8/c1-21(35)41-29-26(17-32-30(38)33-29)23-8-6-7-22(15-23)20-40-14-13-39-12-5-3-2-4-11-31-18-28(37)24-9-10-27(36)25(16-24)19-34/h6-10,15-17,28,31,34,36-37H,2-5,11-14,18-20H2,1H3,(H,32,33,38)/t28-/m1/s1. The van der Waals surface area contributed by atoms with Crippen molar-refractivity contribution in [2.45, 2.75) is 51.9 Å². The van der Waals surface area contributed by atoms with Crippen LogP contribution in [0.5, 0.6) is 11.6 Å². The van der Waals surface area contributed by atoms with Crippen LogP contribution in [-0.4, -0.2) is 64.2 Å². The van der Waals surface area contributed by atoms with Gasteiger partial charge in [-0.05, 0) is 54.3 Å². The number of benzene rings is 2. The molecule has 0 aliphatic rings. The number of esters is 1. The summed E-state index contributed by atoms with van der Waals surface area (Å²) in [6.07, 6.45) is 4.72. The second-order valence-electron chi connectivity index (χ2n) is 9.57. The van der Waals surface area contributed by atoms with Crippen LogP contribution in [-0.2, 0) is 27.5 Å². The first-order chi connectivity index (χ1) is 19.9. The third-order valence-electron chi connectivity index (χ3n) is 6.29. The van der Waals surface area contributed by atoms with Crippen LogP contribution in [0, 0.1) is 0 Å². The Labute approximate surface area is 239 Å². The lowest BCUT2D eigenvalue weighted by molar-refractivity contribution is -0.132. The van der Waals surface area contributed by atoms with E-state index < -0.39 is 17.8 Å². The zero-order valence-electron chi connectivity index (χ0n) is 23.3. The summed E-state index contributed by atoms with van der Waals surface area (Å²) in [5.41, 5.74) is 2.63. The molecule has 11 heteroatoms. The molecule has 0 aliphatic carbocycles. The zero-order valence-corrected chi connectivity index (χ0v) is 23.3. The summed E-state index contributed by atoms with van der Waals surface area (Å²) in [6.45, 7) is 4.19. The molecular weight excluding hydrogens is 530 g/mol. The quantitative estimate of drug-likeness (QED) is 0.114. The highest BCUT2D eigenvalue weighted by Crippen LogP contribution is 2.27. The van der Waals surface area contributed by atoms with Gasteiger partial charge in [0.25, 0.3) is 0 Å². The maximum atomic E-state index is 11.5. The van der Waals surface area contributed by atoms with Crippen molar-refractivity contribution in [1.82, 2.24) is 15.3 Å². The van der Waals surface area contributed by atoms with E-state index in [2.05, 4.69) is 15.3 Å². The molecule has 0 spiro atoms. The van der Waals surface area contributed by atoms with E-state index in [1.54, 1.807) is 12.1 Å². The highest BCUT2D eigenvalue weighted by atomic mass is 16.5. The van der Waals surface area contributed by atoms with Crippen molar-refractivity contribution in [2.24, 2.45) is 0 Å². The van der Waals surface area contributed by atoms with E-state index in [1.807, 2.05) is 24.3 Å². The molecule has 0 radical (unpaired) electrons. The lowest BCUT2D eigenvalue weighted by Gasteiger charge is -2.14. The molecule has 0 amide bonds. The number of phenols is 1. The Morgan fingerprint density at radius 1 is 1.05 bits per heavy atom. The summed E-state index contributed by atoms with van der Waals surface area (Å²) in [6, 6.07) is 12.2. The second kappa shape index (κ2) is 17.3. The third-order valence-corrected chi connectivity index (χ3v) is 6.29. The number of H-pyrrole nitrogens is 1. The molecule has 1 atom stereocenters. The number of carbonyl (C=O) groups excluding carboxylic acids is 1. The minimum absolute atomic E-state index is 0.0233. The van der Waals surface area contributed by atoms with Crippen LogP contribution in [0.1, 0.15) is 55.4 Å². The van der Waals surface area contributed by atoms with Crippen LogP contribution in [0.3, 0.4) is 0 Å². The normalized spacial score (nSPS) is 11.9. The molecule has 11 nitrogen and oxygen atoms in total. The van der Waals surface area contributed by atoms with E-state index in [0.29, 0.717) is 49.7 Å². The van der Waals surface area contributed by atoms with Crippen molar-refractivity contribution < 1.29 is 34.3 Å². The smallest absolute Gasteiger partial charge is 0.347 e. The van der Waals surface area contributed by atoms with Gasteiger partial charge in [-0.1, -0.05) is 37.1 Å². The summed E-state index contributed by atoms with van der Waals surface area (Å²) < 4.78 is 16.5. The van der Waals surface area contributed by atoms with E-state index in [0.717, 1.165) is 43.4 Å². The Kier molecular flexibility index (Phi) is 13.4. The highest BCUT2D eigenvalue weighted by Gasteiger charge is 2.12. The van der Waals surface area contributed by atoms with Gasteiger partial charge in [0.05, 0.1) is 38.1 Å². The summed E-state index contributed by atoms with van der Waals surface area (Å²) >= 11 is 0. The number of rotatable bonds is 18. The molecule has 2 aromatic carbocycles. The van der Waals surface area contributed by atoms with Gasteiger partial charge in [-0.15, -0.1) is 0 Å². The lowest BCUT2D eigenvalue weighted by atomic mass is 10.1. The number of unbranched alkanes of at least 4 members (excludes halogenated alkanes) is 3. The fraction of sp³-hybridized carbons (Fsp3) is 0.433. The summed E-state index contributed by atoms with van der Waals surface area (Å²) in [7, 11) is 0. The Balaban J connectivity index is 1.23. The molecule has 41 heavy (non-hydrogen) atoms. The number of aliphatic hydroxyl groups is 2. The highest BCUT2D eigenvalue weighted by molar-refractivity contribution is 5.74. The van der Waals surface area contributed by atoms with Crippen molar-refractivity contribution >= 4 is 5.97 Å². The number of nitrogens with one attached hydrogen (secondary N) is 2. The van der Waals surface area contributed by atoms with Gasteiger partial charge >= 0.3 is 11.7 Å². The molecule has 1 aromatic heterocycles. The largest absolute Gasteiger partial charge is 0.508 e. The number of nitrogens with zero attached hydrogens (tertiary/aromatic N) is 1. The van der Waals surface area contributed by atoms with Gasteiger partial charge in [-0.2, -0.15) is 0 Å². The van der Waals surface area contributed by atoms with E-state index in [1.165, 1.54) is 19.2 Å². The number of aliphatic hydroxyl groups excluding tert-OH is 2. The molecule has 222 valence electrons. The maximum absolute atomic E-state index is 11.5. The van der Waals surface area contributed by atoms with Gasteiger partial charge in [0.2, 0.25) is 5.88 Å². The number of aromatic nitrogens is 2. The Hall–Kier alpha value is -3.61. The molecule has 0 fully saturated rings. The van der Waals surface area contributed by atoms with E-state index >= 15 is 0 Å². The van der Waals surface area contributed by atoms with Crippen molar-refractivity contribution in [3.8, 4) is 22.8 Å². The lowest BCUT2D eigenvalue weighted by Crippen LogP contribution is -2.22. The minimum atomic E-state index is -0.700. The van der Waals surface area contributed by atoms with Crippen molar-refractivity contribution in [1.29, 1.82) is 0 Å². The van der Waals surface area contributed by atoms with Crippen molar-refractivity contribution in [3.05, 3.63) is 75.8 Å². The minimum Gasteiger partial charge on any atom is -0.508 e. The average molecular weight is 570 g/mol. The van der Waals surface area contributed by atoms with Crippen LogP contribution in [0.25, 0.3) is 11.1 Å². The molecule has 0 bridgehead atoms. The predicted octanol–water partition coefficient (Wildman–Crippen LogP) is 2.98. The molecule has 3 rings (SSSR count). The number of ether oxygens (including phenoxy) is 3. The van der Waals surface area contributed by atoms with Gasteiger partial charge in [-0.3, -0.25) is 9.78 Å². The third kappa shape index (κ3) is 11.1. The number of aromatic amines is 1. The molecule has 0 saturated carbocycles. The first-order valence-electron chi connectivity index (χ1n) is 13.7. The van der Waals surface area contributed by atoms with Gasteiger partial charge in [0.1, 0.15) is 5.75 Å². The van der Waals surface area contributed by atoms with E-state index in [4.69, 9.17) is 14.2 Å². The first-order valence-corrected chi connectivity index (χ1v) is 13.7. The molecule has 0 saturated heterocycles. The second-order valence-corrected chi connectivity index (χ2v) is 9.57. The number of carbonyl (C=O) groups is 1. The Morgan fingerprint density at radius 2 is 1.85 bits per heavy atom. The average Bonchev–Trinajstić information content (AvgIpc) is 2.95. The van der Waals surface area contributed by atoms with Crippen LogP contribution >= 0.6 is 0 Å². The molecule has 5 N–H and O–H groups in total. The molecule has 0 unspecified atom stereocenters. The Bertz CT molecular complexity index is 1300. The van der Waals surface area contributed by atoms with Crippen LogP contribution in [0.2, 0.25) is 0 Å². The van der Waals surface area contributed by atoms with E-state index in [9.17, 15) is 24.9 Å². The van der Waals surface area contributed by atoms with E-state index in [-0.39, 0.29) is 18.2 Å². The number of hydrogen-bond acceptors (Lipinski definition) is 10. The molecule has 3 aromatic rings. The van der Waals surface area contributed by atoms with Gasteiger partial charge in [0.15, 0.2) is 0 Å². The Morgan fingerprint density at radius 3 is 2.66 bits per heavy atom. The number of hydrogen-bond donors (Lipinski definition) is 5. The SMILES string of the molecule is CC(=O)Oc1[nH]c(=O)ncc1-c1cccc(COCCOCCCCCCNC[C@@H](O)c2ccc(O)c(CO)c2)c1. The first kappa shape index (κ1) is 31.9. The monoisotopic (exact) mass is 569 g/mol. The predicted molar refractivity (Wildman–Crippen MR) is 152 cm³/mol. The topological polar surface area (TPSA) is 163 Å².